The molecular formula is C13H19ClN2O4S. The van der Waals surface area contributed by atoms with Crippen molar-refractivity contribution in [3.05, 3.63) is 23.2 Å². The van der Waals surface area contributed by atoms with Crippen LogP contribution in [0.3, 0.4) is 0 Å². The first-order valence-corrected chi connectivity index (χ1v) is 8.38. The van der Waals surface area contributed by atoms with Crippen LogP contribution in [0.2, 0.25) is 5.02 Å². The minimum Gasteiger partial charge on any atom is -0.486 e. The summed E-state index contributed by atoms with van der Waals surface area (Å²) in [4.78, 5) is 0. The molecule has 2 rings (SSSR count). The number of nitrogens with one attached hydrogen (secondary N) is 2. The van der Waals surface area contributed by atoms with E-state index in [0.717, 1.165) is 0 Å². The lowest BCUT2D eigenvalue weighted by molar-refractivity contribution is 0.0942. The Morgan fingerprint density at radius 3 is 2.71 bits per heavy atom. The maximum Gasteiger partial charge on any atom is 0.277 e. The number of rotatable bonds is 4. The molecule has 21 heavy (non-hydrogen) atoms. The lowest BCUT2D eigenvalue weighted by atomic mass is 10.1. The molecule has 1 aromatic carbocycles. The van der Waals surface area contributed by atoms with Gasteiger partial charge in [-0.3, -0.25) is 0 Å². The van der Waals surface area contributed by atoms with Gasteiger partial charge in [0.1, 0.15) is 12.7 Å². The van der Waals surface area contributed by atoms with Crippen LogP contribution in [-0.2, 0) is 10.2 Å². The molecule has 0 bridgehead atoms. The van der Waals surface area contributed by atoms with E-state index in [2.05, 4.69) is 9.44 Å². The normalized spacial score (nSPS) is 18.6. The largest absolute Gasteiger partial charge is 0.486 e. The monoisotopic (exact) mass is 334 g/mol. The predicted octanol–water partition coefficient (Wildman–Crippen LogP) is 1.70. The molecule has 0 fully saturated rings. The van der Waals surface area contributed by atoms with E-state index in [4.69, 9.17) is 21.1 Å². The second-order valence-electron chi connectivity index (χ2n) is 5.85. The van der Waals surface area contributed by atoms with Crippen molar-refractivity contribution in [3.63, 3.8) is 0 Å². The Labute approximate surface area is 130 Å². The van der Waals surface area contributed by atoms with Crippen LogP contribution < -0.4 is 18.9 Å². The molecule has 118 valence electrons. The Bertz CT molecular complexity index is 613. The lowest BCUT2D eigenvalue weighted by Crippen LogP contribution is -2.50. The standard InChI is InChI=1S/C13H19ClN2O4S/c1-13(2,3)16-21(17,18)15-7-10-8-19-12-6-9(14)4-5-11(12)20-10/h4-6,10,15-16H,7-8H2,1-3H3/t10-/m0/s1. The molecule has 0 spiro atoms. The number of benzene rings is 1. The Balaban J connectivity index is 1.93. The van der Waals surface area contributed by atoms with Gasteiger partial charge in [0.05, 0.1) is 6.54 Å². The molecule has 0 saturated carbocycles. The van der Waals surface area contributed by atoms with Gasteiger partial charge in [0.15, 0.2) is 11.5 Å². The number of hydrogen-bond donors (Lipinski definition) is 2. The van der Waals surface area contributed by atoms with Gasteiger partial charge in [-0.05, 0) is 32.9 Å². The first kappa shape index (κ1) is 16.4. The molecule has 0 aliphatic carbocycles. The van der Waals surface area contributed by atoms with Crippen LogP contribution >= 0.6 is 11.6 Å². The van der Waals surface area contributed by atoms with Crippen molar-refractivity contribution in [3.8, 4) is 11.5 Å². The van der Waals surface area contributed by atoms with Crippen LogP contribution in [0.5, 0.6) is 11.5 Å². The fourth-order valence-corrected chi connectivity index (χ4v) is 3.28. The zero-order valence-electron chi connectivity index (χ0n) is 12.1. The summed E-state index contributed by atoms with van der Waals surface area (Å²) in [6.45, 7) is 5.68. The SMILES string of the molecule is CC(C)(C)NS(=O)(=O)NC[C@H]1COc2cc(Cl)ccc2O1. The van der Waals surface area contributed by atoms with Gasteiger partial charge in [-0.25, -0.2) is 0 Å². The molecule has 0 amide bonds. The van der Waals surface area contributed by atoms with Crippen molar-refractivity contribution in [2.45, 2.75) is 32.4 Å². The Morgan fingerprint density at radius 2 is 2.05 bits per heavy atom. The third-order valence-corrected chi connectivity index (χ3v) is 4.23. The first-order chi connectivity index (χ1) is 9.65. The second-order valence-corrected chi connectivity index (χ2v) is 7.78. The fourth-order valence-electron chi connectivity index (χ4n) is 1.83. The molecule has 0 unspecified atom stereocenters. The summed E-state index contributed by atoms with van der Waals surface area (Å²) in [5, 5.41) is 0.561. The van der Waals surface area contributed by atoms with Crippen molar-refractivity contribution >= 4 is 21.8 Å². The summed E-state index contributed by atoms with van der Waals surface area (Å²) in [5.41, 5.74) is -0.543. The molecule has 2 N–H and O–H groups in total. The Hall–Kier alpha value is -1.02. The minimum absolute atomic E-state index is 0.119. The summed E-state index contributed by atoms with van der Waals surface area (Å²) < 4.78 is 39.8. The van der Waals surface area contributed by atoms with Gasteiger partial charge >= 0.3 is 0 Å². The lowest BCUT2D eigenvalue weighted by Gasteiger charge is -2.27. The van der Waals surface area contributed by atoms with E-state index in [-0.39, 0.29) is 13.2 Å². The van der Waals surface area contributed by atoms with Crippen molar-refractivity contribution in [1.29, 1.82) is 0 Å². The summed E-state index contributed by atoms with van der Waals surface area (Å²) in [7, 11) is -3.58. The minimum atomic E-state index is -3.58. The summed E-state index contributed by atoms with van der Waals surface area (Å²) in [6, 6.07) is 5.06. The highest BCUT2D eigenvalue weighted by Crippen LogP contribution is 2.33. The summed E-state index contributed by atoms with van der Waals surface area (Å²) >= 11 is 5.86. The molecule has 0 radical (unpaired) electrons. The predicted molar refractivity (Wildman–Crippen MR) is 81.2 cm³/mol. The molecule has 1 aromatic rings. The van der Waals surface area contributed by atoms with E-state index in [1.165, 1.54) is 0 Å². The van der Waals surface area contributed by atoms with E-state index in [9.17, 15) is 8.42 Å². The molecule has 1 aliphatic heterocycles. The van der Waals surface area contributed by atoms with E-state index in [1.807, 2.05) is 0 Å². The van der Waals surface area contributed by atoms with Crippen LogP contribution in [-0.4, -0.2) is 33.2 Å². The topological polar surface area (TPSA) is 76.7 Å². The molecule has 1 heterocycles. The van der Waals surface area contributed by atoms with Crippen molar-refractivity contribution in [2.75, 3.05) is 13.2 Å². The van der Waals surface area contributed by atoms with Gasteiger partial charge in [0, 0.05) is 16.6 Å². The maximum atomic E-state index is 11.8. The van der Waals surface area contributed by atoms with Gasteiger partial charge in [-0.15, -0.1) is 0 Å². The molecule has 0 saturated heterocycles. The maximum absolute atomic E-state index is 11.8. The Kier molecular flexibility index (Phi) is 4.67. The van der Waals surface area contributed by atoms with Gasteiger partial charge in [0.25, 0.3) is 10.2 Å². The number of fused-ring (bicyclic) bond motifs is 1. The number of hydrogen-bond acceptors (Lipinski definition) is 4. The third-order valence-electron chi connectivity index (χ3n) is 2.57. The third kappa shape index (κ3) is 5.03. The molecular weight excluding hydrogens is 316 g/mol. The summed E-state index contributed by atoms with van der Waals surface area (Å²) in [6.07, 6.45) is -0.393. The highest BCUT2D eigenvalue weighted by atomic mass is 35.5. The zero-order valence-corrected chi connectivity index (χ0v) is 13.7. The quantitative estimate of drug-likeness (QED) is 0.878. The van der Waals surface area contributed by atoms with Crippen LogP contribution in [0.4, 0.5) is 0 Å². The van der Waals surface area contributed by atoms with Crippen LogP contribution in [0.25, 0.3) is 0 Å². The molecule has 1 atom stereocenters. The average Bonchev–Trinajstić information content (AvgIpc) is 2.33. The molecule has 6 nitrogen and oxygen atoms in total. The zero-order chi connectivity index (χ0) is 15.7. The van der Waals surface area contributed by atoms with E-state index >= 15 is 0 Å². The van der Waals surface area contributed by atoms with Crippen molar-refractivity contribution in [2.24, 2.45) is 0 Å². The molecule has 1 aliphatic rings. The van der Waals surface area contributed by atoms with Crippen LogP contribution in [0.15, 0.2) is 18.2 Å². The average molecular weight is 335 g/mol. The van der Waals surface area contributed by atoms with Gasteiger partial charge < -0.3 is 9.47 Å². The molecule has 8 heteroatoms. The highest BCUT2D eigenvalue weighted by Gasteiger charge is 2.25. The van der Waals surface area contributed by atoms with Crippen LogP contribution in [0, 0.1) is 0 Å². The number of halogens is 1. The Morgan fingerprint density at radius 1 is 1.33 bits per heavy atom. The highest BCUT2D eigenvalue weighted by molar-refractivity contribution is 7.87. The first-order valence-electron chi connectivity index (χ1n) is 6.52. The van der Waals surface area contributed by atoms with E-state index in [0.29, 0.717) is 16.5 Å². The van der Waals surface area contributed by atoms with Crippen LogP contribution in [0.1, 0.15) is 20.8 Å². The summed E-state index contributed by atoms with van der Waals surface area (Å²) in [5.74, 6) is 1.12. The second kappa shape index (κ2) is 6.00. The molecule has 0 aromatic heterocycles. The van der Waals surface area contributed by atoms with Crippen molar-refractivity contribution < 1.29 is 17.9 Å². The number of ether oxygens (including phenoxy) is 2. The van der Waals surface area contributed by atoms with Gasteiger partial charge in [0.2, 0.25) is 0 Å². The van der Waals surface area contributed by atoms with Gasteiger partial charge in [-0.2, -0.15) is 17.9 Å². The van der Waals surface area contributed by atoms with Crippen molar-refractivity contribution in [1.82, 2.24) is 9.44 Å². The smallest absolute Gasteiger partial charge is 0.277 e. The van der Waals surface area contributed by atoms with E-state index < -0.39 is 21.9 Å². The fraction of sp³-hybridized carbons (Fsp3) is 0.538. The van der Waals surface area contributed by atoms with E-state index in [1.54, 1.807) is 39.0 Å². The van der Waals surface area contributed by atoms with Gasteiger partial charge in [-0.1, -0.05) is 11.6 Å².